The van der Waals surface area contributed by atoms with Crippen LogP contribution in [0.15, 0.2) is 36.4 Å². The Labute approximate surface area is 148 Å². The van der Waals surface area contributed by atoms with E-state index in [4.69, 9.17) is 9.47 Å². The predicted molar refractivity (Wildman–Crippen MR) is 98.7 cm³/mol. The zero-order valence-electron chi connectivity index (χ0n) is 14.7. The summed E-state index contributed by atoms with van der Waals surface area (Å²) in [4.78, 5) is 0. The van der Waals surface area contributed by atoms with Crippen LogP contribution in [0.25, 0.3) is 11.1 Å². The van der Waals surface area contributed by atoms with Crippen molar-refractivity contribution < 1.29 is 19.7 Å². The van der Waals surface area contributed by atoms with Crippen molar-refractivity contribution in [1.82, 2.24) is 0 Å². The maximum atomic E-state index is 10.6. The van der Waals surface area contributed by atoms with Crippen molar-refractivity contribution in [3.8, 4) is 34.1 Å². The van der Waals surface area contributed by atoms with Gasteiger partial charge in [0.15, 0.2) is 11.5 Å². The van der Waals surface area contributed by atoms with E-state index in [-0.39, 0.29) is 11.5 Å². The zero-order chi connectivity index (χ0) is 17.8. The number of hydrogen-bond acceptors (Lipinski definition) is 4. The second-order valence-corrected chi connectivity index (χ2v) is 6.25. The predicted octanol–water partition coefficient (Wildman–Crippen LogP) is 4.61. The van der Waals surface area contributed by atoms with Crippen molar-refractivity contribution in [1.29, 1.82) is 0 Å². The summed E-state index contributed by atoms with van der Waals surface area (Å²) in [5.41, 5.74) is 3.37. The fraction of sp³-hybridized carbons (Fsp3) is 0.333. The molecule has 4 heteroatoms. The lowest BCUT2D eigenvalue weighted by Crippen LogP contribution is -1.98. The SMILES string of the molecule is COc1c2cc(c(O)c1OC)CCC/C=C\CCc1ccc(O)c-2c1. The summed E-state index contributed by atoms with van der Waals surface area (Å²) < 4.78 is 10.9. The van der Waals surface area contributed by atoms with Gasteiger partial charge in [0.2, 0.25) is 5.75 Å². The molecule has 4 nitrogen and oxygen atoms in total. The number of allylic oxidation sites excluding steroid dienone is 2. The number of aromatic hydroxyl groups is 2. The molecule has 0 unspecified atom stereocenters. The molecule has 2 N–H and O–H groups in total. The molecule has 0 spiro atoms. The van der Waals surface area contributed by atoms with Gasteiger partial charge >= 0.3 is 0 Å². The molecular formula is C21H24O4. The number of rotatable bonds is 2. The number of fused-ring (bicyclic) bond motifs is 5. The molecule has 0 amide bonds. The van der Waals surface area contributed by atoms with Gasteiger partial charge in [0.25, 0.3) is 0 Å². The molecule has 25 heavy (non-hydrogen) atoms. The van der Waals surface area contributed by atoms with Crippen LogP contribution < -0.4 is 9.47 Å². The van der Waals surface area contributed by atoms with Gasteiger partial charge in [-0.3, -0.25) is 0 Å². The first-order valence-electron chi connectivity index (χ1n) is 8.59. The molecule has 3 rings (SSSR count). The molecule has 2 aromatic rings. The first-order valence-corrected chi connectivity index (χ1v) is 8.59. The minimum Gasteiger partial charge on any atom is -0.507 e. The van der Waals surface area contributed by atoms with E-state index in [0.29, 0.717) is 17.1 Å². The van der Waals surface area contributed by atoms with Crippen LogP contribution in [0.2, 0.25) is 0 Å². The van der Waals surface area contributed by atoms with Crippen LogP contribution in [0.3, 0.4) is 0 Å². The molecule has 132 valence electrons. The standard InChI is InChI=1S/C21H24O4/c1-24-20-17-13-15(19(23)21(20)25-2)9-7-5-3-4-6-8-14-10-11-18(22)16(17)12-14/h3-4,10-13,22-23H,5-9H2,1-2H3/b4-3-. The molecule has 0 atom stereocenters. The van der Waals surface area contributed by atoms with E-state index in [1.54, 1.807) is 13.2 Å². The maximum Gasteiger partial charge on any atom is 0.203 e. The van der Waals surface area contributed by atoms with Crippen molar-refractivity contribution in [2.45, 2.75) is 32.1 Å². The summed E-state index contributed by atoms with van der Waals surface area (Å²) in [6, 6.07) is 7.54. The molecule has 0 aromatic heterocycles. The van der Waals surface area contributed by atoms with Crippen molar-refractivity contribution in [3.05, 3.63) is 47.5 Å². The number of hydrogen-bond donors (Lipinski definition) is 2. The number of ether oxygens (including phenoxy) is 2. The molecule has 1 aliphatic rings. The fourth-order valence-electron chi connectivity index (χ4n) is 3.32. The molecule has 0 saturated heterocycles. The molecule has 0 aliphatic heterocycles. The Morgan fingerprint density at radius 3 is 2.36 bits per heavy atom. The van der Waals surface area contributed by atoms with Crippen molar-refractivity contribution >= 4 is 0 Å². The van der Waals surface area contributed by atoms with E-state index < -0.39 is 0 Å². The van der Waals surface area contributed by atoms with Gasteiger partial charge in [-0.1, -0.05) is 18.2 Å². The van der Waals surface area contributed by atoms with Gasteiger partial charge in [-0.2, -0.15) is 0 Å². The van der Waals surface area contributed by atoms with Gasteiger partial charge in [-0.05, 0) is 61.4 Å². The Balaban J connectivity index is 2.26. The van der Waals surface area contributed by atoms with Crippen LogP contribution in [0.5, 0.6) is 23.0 Å². The van der Waals surface area contributed by atoms with Gasteiger partial charge in [0.1, 0.15) is 5.75 Å². The molecule has 4 bridgehead atoms. The quantitative estimate of drug-likeness (QED) is 0.784. The summed E-state index contributed by atoms with van der Waals surface area (Å²) in [5, 5.41) is 21.0. The lowest BCUT2D eigenvalue weighted by atomic mass is 9.95. The number of benzene rings is 2. The second-order valence-electron chi connectivity index (χ2n) is 6.25. The molecule has 0 heterocycles. The molecule has 0 fully saturated rings. The van der Waals surface area contributed by atoms with E-state index >= 15 is 0 Å². The largest absolute Gasteiger partial charge is 0.507 e. The summed E-state index contributed by atoms with van der Waals surface area (Å²) in [7, 11) is 3.05. The summed E-state index contributed by atoms with van der Waals surface area (Å²) in [5.74, 6) is 1.04. The van der Waals surface area contributed by atoms with Crippen LogP contribution >= 0.6 is 0 Å². The highest BCUT2D eigenvalue weighted by Crippen LogP contribution is 2.48. The van der Waals surface area contributed by atoms with Gasteiger partial charge < -0.3 is 19.7 Å². The van der Waals surface area contributed by atoms with Gasteiger partial charge in [-0.25, -0.2) is 0 Å². The third-order valence-corrected chi connectivity index (χ3v) is 4.63. The van der Waals surface area contributed by atoms with Crippen LogP contribution in [0.4, 0.5) is 0 Å². The van der Waals surface area contributed by atoms with E-state index in [0.717, 1.165) is 48.8 Å². The van der Waals surface area contributed by atoms with E-state index in [2.05, 4.69) is 12.2 Å². The van der Waals surface area contributed by atoms with Crippen LogP contribution in [0, 0.1) is 0 Å². The smallest absolute Gasteiger partial charge is 0.203 e. The lowest BCUT2D eigenvalue weighted by molar-refractivity contribution is 0.332. The first kappa shape index (κ1) is 17.2. The van der Waals surface area contributed by atoms with Crippen LogP contribution in [-0.4, -0.2) is 24.4 Å². The molecule has 0 radical (unpaired) electrons. The topological polar surface area (TPSA) is 58.9 Å². The van der Waals surface area contributed by atoms with E-state index in [1.807, 2.05) is 18.2 Å². The summed E-state index contributed by atoms with van der Waals surface area (Å²) in [6.45, 7) is 0. The Bertz CT molecular complexity index is 793. The van der Waals surface area contributed by atoms with Gasteiger partial charge in [0.05, 0.1) is 14.2 Å². The van der Waals surface area contributed by atoms with Crippen molar-refractivity contribution in [2.75, 3.05) is 14.2 Å². The molecular weight excluding hydrogens is 316 g/mol. The molecule has 2 aromatic carbocycles. The Morgan fingerprint density at radius 1 is 0.840 bits per heavy atom. The summed E-state index contributed by atoms with van der Waals surface area (Å²) >= 11 is 0. The molecule has 1 aliphatic carbocycles. The highest BCUT2D eigenvalue weighted by molar-refractivity contribution is 5.81. The Morgan fingerprint density at radius 2 is 1.60 bits per heavy atom. The minimum absolute atomic E-state index is 0.109. The second kappa shape index (κ2) is 7.51. The maximum absolute atomic E-state index is 10.6. The highest BCUT2D eigenvalue weighted by atomic mass is 16.5. The average Bonchev–Trinajstić information content (AvgIpc) is 2.63. The normalized spacial score (nSPS) is 15.4. The van der Waals surface area contributed by atoms with Crippen LogP contribution in [0.1, 0.15) is 30.4 Å². The number of aryl methyl sites for hydroxylation is 2. The fourth-order valence-corrected chi connectivity index (χ4v) is 3.32. The van der Waals surface area contributed by atoms with E-state index in [9.17, 15) is 10.2 Å². The monoisotopic (exact) mass is 340 g/mol. The van der Waals surface area contributed by atoms with E-state index in [1.165, 1.54) is 7.11 Å². The van der Waals surface area contributed by atoms with Crippen molar-refractivity contribution in [2.24, 2.45) is 0 Å². The first-order chi connectivity index (χ1) is 12.2. The Hall–Kier alpha value is -2.62. The minimum atomic E-state index is 0.109. The number of methoxy groups -OCH3 is 2. The number of phenolic OH excluding ortho intramolecular Hbond substituents is 2. The van der Waals surface area contributed by atoms with Gasteiger partial charge in [-0.15, -0.1) is 0 Å². The summed E-state index contributed by atoms with van der Waals surface area (Å²) in [6.07, 6.45) is 8.89. The third-order valence-electron chi connectivity index (χ3n) is 4.63. The lowest BCUT2D eigenvalue weighted by Gasteiger charge is -2.18. The number of phenols is 2. The van der Waals surface area contributed by atoms with Crippen LogP contribution in [-0.2, 0) is 12.8 Å². The highest BCUT2D eigenvalue weighted by Gasteiger charge is 2.22. The zero-order valence-corrected chi connectivity index (χ0v) is 14.7. The third kappa shape index (κ3) is 3.43. The molecule has 0 saturated carbocycles. The average molecular weight is 340 g/mol. The van der Waals surface area contributed by atoms with Crippen molar-refractivity contribution in [3.63, 3.8) is 0 Å². The van der Waals surface area contributed by atoms with Gasteiger partial charge in [0, 0.05) is 11.1 Å². The Kier molecular flexibility index (Phi) is 5.17.